The average molecular weight is 470 g/mol. The Morgan fingerprint density at radius 2 is 1.96 bits per heavy atom. The minimum atomic E-state index is -4.40. The van der Waals surface area contributed by atoms with Gasteiger partial charge in [0.1, 0.15) is 0 Å². The molecule has 0 aliphatic heterocycles. The van der Waals surface area contributed by atoms with Gasteiger partial charge in [0.05, 0.1) is 5.01 Å². The van der Waals surface area contributed by atoms with Crippen LogP contribution in [0.4, 0.5) is 18.9 Å². The number of benzene rings is 1. The molecule has 0 radical (unpaired) electrons. The van der Waals surface area contributed by atoms with Crippen LogP contribution in [-0.4, -0.2) is 17.5 Å². The molecule has 1 heterocycles. The van der Waals surface area contributed by atoms with E-state index in [1.807, 2.05) is 24.3 Å². The number of hydrogen-bond acceptors (Lipinski definition) is 3. The quantitative estimate of drug-likeness (QED) is 0.389. The summed E-state index contributed by atoms with van der Waals surface area (Å²) in [4.78, 5) is 7.64. The molecular weight excluding hydrogens is 452 g/mol. The lowest BCUT2D eigenvalue weighted by atomic mass is 10.1. The molecule has 2 rings (SSSR count). The van der Waals surface area contributed by atoms with Crippen LogP contribution in [0.1, 0.15) is 23.2 Å². The van der Waals surface area contributed by atoms with Gasteiger partial charge in [-0.2, -0.15) is 13.2 Å². The second-order valence-electron chi connectivity index (χ2n) is 4.82. The van der Waals surface area contributed by atoms with E-state index in [0.717, 1.165) is 28.8 Å². The fraction of sp³-hybridized carbons (Fsp3) is 0.333. The van der Waals surface area contributed by atoms with Gasteiger partial charge in [-0.05, 0) is 24.1 Å². The van der Waals surface area contributed by atoms with Gasteiger partial charge in [0.2, 0.25) is 0 Å². The fourth-order valence-electron chi connectivity index (χ4n) is 1.84. The van der Waals surface area contributed by atoms with Crippen LogP contribution in [-0.2, 0) is 19.0 Å². The Hall–Kier alpha value is -1.36. The summed E-state index contributed by atoms with van der Waals surface area (Å²) in [7, 11) is 0. The lowest BCUT2D eigenvalue weighted by Crippen LogP contribution is -2.23. The summed E-state index contributed by atoms with van der Waals surface area (Å²) in [5.74, 6) is 0.224. The Morgan fingerprint density at radius 3 is 2.50 bits per heavy atom. The van der Waals surface area contributed by atoms with Crippen LogP contribution in [0.3, 0.4) is 0 Å². The molecule has 24 heavy (non-hydrogen) atoms. The number of nitrogens with zero attached hydrogens (tertiary/aromatic N) is 2. The minimum Gasteiger partial charge on any atom is -0.370 e. The molecule has 0 spiro atoms. The summed E-state index contributed by atoms with van der Waals surface area (Å²) in [6.45, 7) is 2.34. The van der Waals surface area contributed by atoms with E-state index in [0.29, 0.717) is 11.4 Å². The fourth-order valence-corrected chi connectivity index (χ4v) is 2.63. The van der Waals surface area contributed by atoms with Crippen LogP contribution >= 0.6 is 35.3 Å². The average Bonchev–Trinajstić information content (AvgIpc) is 2.97. The van der Waals surface area contributed by atoms with Crippen molar-refractivity contribution in [1.82, 2.24) is 4.98 Å². The molecule has 0 unspecified atom stereocenters. The molecule has 3 N–H and O–H groups in total. The molecule has 0 amide bonds. The molecule has 0 atom stereocenters. The van der Waals surface area contributed by atoms with Gasteiger partial charge >= 0.3 is 6.18 Å². The molecule has 0 fully saturated rings. The number of nitrogens with two attached hydrogens (primary N) is 1. The maximum Gasteiger partial charge on any atom is 0.434 e. The predicted octanol–water partition coefficient (Wildman–Crippen LogP) is 4.31. The highest BCUT2D eigenvalue weighted by Crippen LogP contribution is 2.30. The largest absolute Gasteiger partial charge is 0.434 e. The maximum absolute atomic E-state index is 12.4. The molecule has 132 valence electrons. The molecular formula is C15H18F3IN4S. The van der Waals surface area contributed by atoms with Crippen LogP contribution < -0.4 is 11.1 Å². The molecule has 4 nitrogen and oxygen atoms in total. The number of hydrogen-bond donors (Lipinski definition) is 2. The van der Waals surface area contributed by atoms with Gasteiger partial charge in [-0.25, -0.2) is 4.98 Å². The van der Waals surface area contributed by atoms with Crippen LogP contribution in [0.25, 0.3) is 0 Å². The van der Waals surface area contributed by atoms with Crippen molar-refractivity contribution >= 4 is 47.0 Å². The second kappa shape index (κ2) is 9.21. The van der Waals surface area contributed by atoms with E-state index in [2.05, 4.69) is 22.2 Å². The third kappa shape index (κ3) is 6.27. The van der Waals surface area contributed by atoms with Gasteiger partial charge < -0.3 is 11.1 Å². The smallest absolute Gasteiger partial charge is 0.370 e. The lowest BCUT2D eigenvalue weighted by molar-refractivity contribution is -0.140. The lowest BCUT2D eigenvalue weighted by Gasteiger charge is -2.06. The van der Waals surface area contributed by atoms with E-state index >= 15 is 0 Å². The third-order valence-corrected chi connectivity index (χ3v) is 3.99. The first-order valence-corrected chi connectivity index (χ1v) is 7.94. The number of nitrogens with one attached hydrogen (secondary N) is 1. The summed E-state index contributed by atoms with van der Waals surface area (Å²) in [5, 5.41) is 4.34. The summed E-state index contributed by atoms with van der Waals surface area (Å²) >= 11 is 0.975. The summed E-state index contributed by atoms with van der Waals surface area (Å²) in [6, 6.07) is 7.78. The Balaban J connectivity index is 0.00000288. The topological polar surface area (TPSA) is 63.3 Å². The number of thiazole rings is 1. The van der Waals surface area contributed by atoms with Gasteiger partial charge in [-0.15, -0.1) is 35.3 Å². The third-order valence-electron chi connectivity index (χ3n) is 3.08. The Bertz CT molecular complexity index is 668. The zero-order valence-electron chi connectivity index (χ0n) is 12.9. The number of guanidine groups is 1. The summed E-state index contributed by atoms with van der Waals surface area (Å²) in [6.07, 6.45) is -3.13. The SMILES string of the molecule is CCc1ccc(NC(N)=NCCc2nc(C(F)(F)F)cs2)cc1.I. The number of alkyl halides is 3. The van der Waals surface area contributed by atoms with Crippen molar-refractivity contribution in [2.24, 2.45) is 10.7 Å². The Labute approximate surface area is 159 Å². The normalized spacial score (nSPS) is 11.9. The minimum absolute atomic E-state index is 0. The van der Waals surface area contributed by atoms with Crippen molar-refractivity contribution in [3.8, 4) is 0 Å². The van der Waals surface area contributed by atoms with Gasteiger partial charge in [0, 0.05) is 24.0 Å². The number of anilines is 1. The number of aromatic nitrogens is 1. The van der Waals surface area contributed by atoms with Crippen molar-refractivity contribution < 1.29 is 13.2 Å². The van der Waals surface area contributed by atoms with E-state index in [1.54, 1.807) is 0 Å². The Morgan fingerprint density at radius 1 is 1.29 bits per heavy atom. The van der Waals surface area contributed by atoms with Gasteiger partial charge in [-0.3, -0.25) is 4.99 Å². The highest BCUT2D eigenvalue weighted by Gasteiger charge is 2.33. The zero-order valence-corrected chi connectivity index (χ0v) is 16.1. The highest BCUT2D eigenvalue weighted by molar-refractivity contribution is 14.0. The summed E-state index contributed by atoms with van der Waals surface area (Å²) < 4.78 is 37.3. The van der Waals surface area contributed by atoms with Crippen molar-refractivity contribution in [2.45, 2.75) is 25.9 Å². The molecule has 0 bridgehead atoms. The number of rotatable bonds is 5. The van der Waals surface area contributed by atoms with E-state index in [1.165, 1.54) is 5.56 Å². The first-order chi connectivity index (χ1) is 10.9. The van der Waals surface area contributed by atoms with Crippen molar-refractivity contribution in [1.29, 1.82) is 0 Å². The molecule has 1 aromatic carbocycles. The number of aryl methyl sites for hydroxylation is 1. The van der Waals surface area contributed by atoms with Crippen molar-refractivity contribution in [3.63, 3.8) is 0 Å². The Kier molecular flexibility index (Phi) is 7.94. The standard InChI is InChI=1S/C15H17F3N4S.HI/c1-2-10-3-5-11(6-4-10)21-14(19)20-8-7-13-22-12(9-23-13)15(16,17)18;/h3-6,9H,2,7-8H2,1H3,(H3,19,20,21);1H. The van der Waals surface area contributed by atoms with Crippen molar-refractivity contribution in [2.75, 3.05) is 11.9 Å². The van der Waals surface area contributed by atoms with Gasteiger partial charge in [0.15, 0.2) is 11.7 Å². The number of halogens is 4. The second-order valence-corrected chi connectivity index (χ2v) is 5.76. The summed E-state index contributed by atoms with van der Waals surface area (Å²) in [5.41, 5.74) is 6.93. The van der Waals surface area contributed by atoms with E-state index in [4.69, 9.17) is 5.73 Å². The van der Waals surface area contributed by atoms with Crippen LogP contribution in [0.15, 0.2) is 34.6 Å². The zero-order chi connectivity index (χ0) is 16.9. The highest BCUT2D eigenvalue weighted by atomic mass is 127. The molecule has 2 aromatic rings. The number of aliphatic imine (C=N–C) groups is 1. The molecule has 1 aromatic heterocycles. The maximum atomic E-state index is 12.4. The van der Waals surface area contributed by atoms with E-state index in [-0.39, 0.29) is 36.5 Å². The van der Waals surface area contributed by atoms with Crippen molar-refractivity contribution in [3.05, 3.63) is 45.9 Å². The molecule has 0 aliphatic rings. The molecule has 0 saturated heterocycles. The monoisotopic (exact) mass is 470 g/mol. The van der Waals surface area contributed by atoms with Crippen LogP contribution in [0, 0.1) is 0 Å². The van der Waals surface area contributed by atoms with Gasteiger partial charge in [-0.1, -0.05) is 19.1 Å². The molecule has 0 saturated carbocycles. The first kappa shape index (κ1) is 20.7. The first-order valence-electron chi connectivity index (χ1n) is 7.06. The van der Waals surface area contributed by atoms with Crippen LogP contribution in [0.5, 0.6) is 0 Å². The van der Waals surface area contributed by atoms with Gasteiger partial charge in [0.25, 0.3) is 0 Å². The van der Waals surface area contributed by atoms with Crippen LogP contribution in [0.2, 0.25) is 0 Å². The van der Waals surface area contributed by atoms with E-state index in [9.17, 15) is 13.2 Å². The molecule has 0 aliphatic carbocycles. The molecule has 9 heteroatoms. The predicted molar refractivity (Wildman–Crippen MR) is 102 cm³/mol. The van der Waals surface area contributed by atoms with E-state index < -0.39 is 11.9 Å².